The van der Waals surface area contributed by atoms with E-state index in [9.17, 15) is 4.79 Å². The maximum absolute atomic E-state index is 11.0. The first-order chi connectivity index (χ1) is 6.22. The largest absolute Gasteiger partial charge is 0.481 e. The van der Waals surface area contributed by atoms with Crippen molar-refractivity contribution in [3.05, 3.63) is 0 Å². The molecule has 0 radical (unpaired) electrons. The van der Waals surface area contributed by atoms with Gasteiger partial charge in [0.1, 0.15) is 0 Å². The Hall–Kier alpha value is -0.570. The second-order valence-electron chi connectivity index (χ2n) is 3.81. The lowest BCUT2D eigenvalue weighted by molar-refractivity contribution is -0.140. The number of aliphatic carboxylic acids is 1. The Morgan fingerprint density at radius 2 is 2.17 bits per heavy atom. The molecular weight excluding hydrogens is 154 g/mol. The number of rotatable bonds is 3. The Kier molecular flexibility index (Phi) is 2.61. The topological polar surface area (TPSA) is 63.3 Å². The lowest BCUT2D eigenvalue weighted by Gasteiger charge is -2.34. The van der Waals surface area contributed by atoms with Gasteiger partial charge in [0.25, 0.3) is 1.43 Å². The summed E-state index contributed by atoms with van der Waals surface area (Å²) in [6, 6.07) is 0. The van der Waals surface area contributed by atoms with E-state index in [1.807, 2.05) is 0 Å². The standard InChI is InChI=1S/C9H17NO2/c10-7-9(6-8(11)12)4-2-1-3-5-9/h1-7,10H2,(H,11,12)/i/hD. The van der Waals surface area contributed by atoms with E-state index in [-0.39, 0.29) is 5.41 Å². The van der Waals surface area contributed by atoms with Crippen molar-refractivity contribution in [1.82, 2.24) is 0 Å². The lowest BCUT2D eigenvalue weighted by Crippen LogP contribution is -2.34. The van der Waals surface area contributed by atoms with Crippen molar-refractivity contribution < 1.29 is 9.90 Å². The number of hydrogen-bond acceptors (Lipinski definition) is 3. The minimum atomic E-state index is -0.452. The molecule has 1 rings (SSSR count). The van der Waals surface area contributed by atoms with Crippen LogP contribution in [-0.2, 0) is 4.79 Å². The highest BCUT2D eigenvalue weighted by Crippen LogP contribution is 2.38. The first-order valence-electron chi connectivity index (χ1n) is 4.99. The molecule has 12 heavy (non-hydrogen) atoms. The van der Waals surface area contributed by atoms with Gasteiger partial charge in [-0.15, -0.1) is 0 Å². The van der Waals surface area contributed by atoms with E-state index in [2.05, 4.69) is 5.11 Å². The van der Waals surface area contributed by atoms with Crippen LogP contribution in [0.2, 0.25) is 0 Å². The van der Waals surface area contributed by atoms with Gasteiger partial charge >= 0.3 is 5.97 Å². The van der Waals surface area contributed by atoms with Crippen LogP contribution in [0.25, 0.3) is 1.43 Å². The van der Waals surface area contributed by atoms with Gasteiger partial charge in [0.2, 0.25) is 0 Å². The fraction of sp³-hybridized carbons (Fsp3) is 0.889. The van der Waals surface area contributed by atoms with Crippen molar-refractivity contribution in [1.29, 1.82) is 1.43 Å². The maximum Gasteiger partial charge on any atom is 0.303 e. The third-order valence-electron chi connectivity index (χ3n) is 2.87. The minimum Gasteiger partial charge on any atom is -0.481 e. The summed E-state index contributed by atoms with van der Waals surface area (Å²) in [4.78, 5) is 11.0. The van der Waals surface area contributed by atoms with Crippen LogP contribution >= 0.6 is 0 Å². The zero-order valence-corrected chi connectivity index (χ0v) is 7.34. The van der Waals surface area contributed by atoms with Crippen LogP contribution in [0.4, 0.5) is 0 Å². The zero-order chi connectivity index (χ0) is 9.73. The molecule has 0 aromatic heterocycles. The maximum atomic E-state index is 11.0. The van der Waals surface area contributed by atoms with Gasteiger partial charge < -0.3 is 10.8 Å². The summed E-state index contributed by atoms with van der Waals surface area (Å²) in [5, 5.41) is 3.94. The predicted octanol–water partition coefficient (Wildman–Crippen LogP) is 1.37. The molecular formula is C9H17NO2. The van der Waals surface area contributed by atoms with Crippen molar-refractivity contribution in [2.45, 2.75) is 38.5 Å². The van der Waals surface area contributed by atoms with Crippen molar-refractivity contribution in [3.63, 3.8) is 0 Å². The Morgan fingerprint density at radius 1 is 1.50 bits per heavy atom. The summed E-state index contributed by atoms with van der Waals surface area (Å²) < 4.78 is 6.50. The first-order valence-corrected chi connectivity index (χ1v) is 4.58. The Bertz CT molecular complexity index is 178. The van der Waals surface area contributed by atoms with Crippen molar-refractivity contribution >= 4 is 5.97 Å². The molecule has 0 saturated heterocycles. The molecule has 0 atom stereocenters. The van der Waals surface area contributed by atoms with Crippen LogP contribution in [0.5, 0.6) is 0 Å². The second kappa shape index (κ2) is 3.90. The quantitative estimate of drug-likeness (QED) is 0.675. The number of carboxylic acid groups (broad SMARTS) is 1. The molecule has 0 spiro atoms. The van der Waals surface area contributed by atoms with Gasteiger partial charge in [-0.05, 0) is 24.8 Å². The SMILES string of the molecule is [2H]OC(=O)CC1(CN)CCCCC1. The van der Waals surface area contributed by atoms with Crippen molar-refractivity contribution in [2.24, 2.45) is 11.1 Å². The molecule has 0 bridgehead atoms. The molecule has 1 aliphatic carbocycles. The van der Waals surface area contributed by atoms with Gasteiger partial charge in [-0.3, -0.25) is 4.79 Å². The molecule has 0 amide bonds. The van der Waals surface area contributed by atoms with Gasteiger partial charge in [-0.25, -0.2) is 0 Å². The average Bonchev–Trinajstić information content (AvgIpc) is 2.19. The van der Waals surface area contributed by atoms with E-state index in [1.165, 1.54) is 6.42 Å². The molecule has 0 aliphatic heterocycles. The zero-order valence-electron chi connectivity index (χ0n) is 8.34. The van der Waals surface area contributed by atoms with Gasteiger partial charge in [0.05, 0.1) is 6.42 Å². The van der Waals surface area contributed by atoms with Crippen LogP contribution in [0.3, 0.4) is 0 Å². The Morgan fingerprint density at radius 3 is 2.67 bits per heavy atom. The third-order valence-corrected chi connectivity index (χ3v) is 2.87. The highest BCUT2D eigenvalue weighted by atomic mass is 16.4. The molecule has 0 aromatic rings. The highest BCUT2D eigenvalue weighted by molar-refractivity contribution is 5.67. The Labute approximate surface area is 74.4 Å². The number of carboxylic acids is 1. The fourth-order valence-electron chi connectivity index (χ4n) is 2.06. The second-order valence-corrected chi connectivity index (χ2v) is 3.81. The van der Waals surface area contributed by atoms with E-state index in [0.29, 0.717) is 13.0 Å². The minimum absolute atomic E-state index is 0.0730. The first kappa shape index (κ1) is 8.05. The molecule has 3 N–H and O–H groups in total. The Balaban J connectivity index is 2.52. The van der Waals surface area contributed by atoms with Crippen LogP contribution < -0.4 is 5.73 Å². The normalized spacial score (nSPS) is 22.9. The molecule has 70 valence electrons. The molecule has 1 aliphatic rings. The van der Waals surface area contributed by atoms with E-state index < -0.39 is 5.97 Å². The van der Waals surface area contributed by atoms with E-state index in [4.69, 9.17) is 7.16 Å². The van der Waals surface area contributed by atoms with Crippen LogP contribution in [0, 0.1) is 5.41 Å². The lowest BCUT2D eigenvalue weighted by atomic mass is 9.72. The number of nitrogens with two attached hydrogens (primary N) is 1. The van der Waals surface area contributed by atoms with Gasteiger partial charge in [-0.2, -0.15) is 0 Å². The van der Waals surface area contributed by atoms with Gasteiger partial charge in [0.15, 0.2) is 0 Å². The summed E-state index contributed by atoms with van der Waals surface area (Å²) in [6.07, 6.45) is 5.83. The molecule has 3 nitrogen and oxygen atoms in total. The van der Waals surface area contributed by atoms with E-state index in [0.717, 1.165) is 25.7 Å². The van der Waals surface area contributed by atoms with Crippen LogP contribution in [0.1, 0.15) is 38.5 Å². The predicted molar refractivity (Wildman–Crippen MR) is 46.8 cm³/mol. The molecule has 0 unspecified atom stereocenters. The van der Waals surface area contributed by atoms with Crippen molar-refractivity contribution in [2.75, 3.05) is 6.54 Å². The molecule has 3 heteroatoms. The van der Waals surface area contributed by atoms with Gasteiger partial charge in [0, 0.05) is 0 Å². The number of hydrogen-bond donors (Lipinski definition) is 2. The summed E-state index contributed by atoms with van der Waals surface area (Å²) in [6.45, 7) is 0.530. The van der Waals surface area contributed by atoms with Crippen molar-refractivity contribution in [3.8, 4) is 0 Å². The summed E-state index contributed by atoms with van der Waals surface area (Å²) >= 11 is 0. The molecule has 1 fully saturated rings. The molecule has 0 heterocycles. The van der Waals surface area contributed by atoms with E-state index in [1.54, 1.807) is 0 Å². The van der Waals surface area contributed by atoms with E-state index >= 15 is 0 Å². The molecule has 1 saturated carbocycles. The fourth-order valence-corrected chi connectivity index (χ4v) is 2.06. The summed E-state index contributed by atoms with van der Waals surface area (Å²) in [5.74, 6) is -0.452. The number of carbonyl (C=O) groups is 1. The average molecular weight is 172 g/mol. The van der Waals surface area contributed by atoms with Gasteiger partial charge in [-0.1, -0.05) is 19.3 Å². The van der Waals surface area contributed by atoms with Crippen LogP contribution in [-0.4, -0.2) is 17.6 Å². The van der Waals surface area contributed by atoms with Crippen LogP contribution in [0.15, 0.2) is 0 Å². The smallest absolute Gasteiger partial charge is 0.303 e. The summed E-state index contributed by atoms with van der Waals surface area (Å²) in [5.41, 5.74) is 5.60. The monoisotopic (exact) mass is 172 g/mol. The highest BCUT2D eigenvalue weighted by Gasteiger charge is 2.32. The molecule has 0 aromatic carbocycles. The summed E-state index contributed by atoms with van der Waals surface area (Å²) in [7, 11) is 0. The third kappa shape index (κ3) is 2.21.